The molecule has 2 aromatic heterocycles. The molecule has 4 heterocycles. The predicted molar refractivity (Wildman–Crippen MR) is 156 cm³/mol. The number of esters is 1. The van der Waals surface area contributed by atoms with Crippen molar-refractivity contribution < 1.29 is 46.9 Å². The van der Waals surface area contributed by atoms with E-state index in [-0.39, 0.29) is 18.0 Å². The number of para-hydroxylation sites is 1. The van der Waals surface area contributed by atoms with Crippen molar-refractivity contribution in [3.05, 3.63) is 54.5 Å². The number of aliphatic hydroxyl groups is 2. The average molecular weight is 655 g/mol. The van der Waals surface area contributed by atoms with E-state index in [2.05, 4.69) is 15.2 Å². The molecule has 7 atom stereocenters. The lowest BCUT2D eigenvalue weighted by atomic mass is 9.97. The van der Waals surface area contributed by atoms with Crippen molar-refractivity contribution in [1.82, 2.24) is 24.6 Å². The molecule has 2 aliphatic rings. The number of benzene rings is 1. The van der Waals surface area contributed by atoms with Gasteiger partial charge in [-0.25, -0.2) is 22.8 Å². The Balaban J connectivity index is 1.31. The molecule has 0 bridgehead atoms. The summed E-state index contributed by atoms with van der Waals surface area (Å²) in [5, 5.41) is 28.6. The first-order valence-electron chi connectivity index (χ1n) is 14.4. The Bertz CT molecular complexity index is 1550. The smallest absolute Gasteiger partial charge is 0.455 e. The van der Waals surface area contributed by atoms with Crippen molar-refractivity contribution >= 4 is 25.1 Å². The number of piperidine rings is 1. The van der Waals surface area contributed by atoms with E-state index < -0.39 is 68.8 Å². The van der Waals surface area contributed by atoms with Gasteiger partial charge in [0, 0.05) is 13.0 Å². The molecular formula is C28H37F2N6O8P. The zero-order valence-corrected chi connectivity index (χ0v) is 25.8. The summed E-state index contributed by atoms with van der Waals surface area (Å²) in [6.45, 7) is 4.12. The molecule has 45 heavy (non-hydrogen) atoms. The van der Waals surface area contributed by atoms with Crippen molar-refractivity contribution in [2.24, 2.45) is 0 Å². The maximum Gasteiger partial charge on any atom is 0.459 e. The number of hydrogen-bond acceptors (Lipinski definition) is 12. The third-order valence-corrected chi connectivity index (χ3v) is 9.60. The van der Waals surface area contributed by atoms with E-state index in [1.54, 1.807) is 42.2 Å². The van der Waals surface area contributed by atoms with E-state index in [9.17, 15) is 28.4 Å². The maximum absolute atomic E-state index is 14.7. The zero-order valence-electron chi connectivity index (χ0n) is 25.0. The van der Waals surface area contributed by atoms with Gasteiger partial charge in [0.05, 0.1) is 18.8 Å². The van der Waals surface area contributed by atoms with Crippen LogP contribution in [0.15, 0.2) is 48.8 Å². The van der Waals surface area contributed by atoms with Crippen LogP contribution in [0, 0.1) is 0 Å². The van der Waals surface area contributed by atoms with Gasteiger partial charge in [0.15, 0.2) is 11.9 Å². The van der Waals surface area contributed by atoms with Crippen molar-refractivity contribution in [2.75, 3.05) is 32.0 Å². The monoisotopic (exact) mass is 654 g/mol. The maximum atomic E-state index is 14.7. The Morgan fingerprint density at radius 3 is 2.69 bits per heavy atom. The average Bonchev–Trinajstić information content (AvgIpc) is 3.53. The van der Waals surface area contributed by atoms with Crippen LogP contribution < -0.4 is 15.3 Å². The Hall–Kier alpha value is -3.24. The lowest BCUT2D eigenvalue weighted by Crippen LogP contribution is -2.54. The molecular weight excluding hydrogens is 617 g/mol. The molecule has 246 valence electrons. The van der Waals surface area contributed by atoms with Crippen LogP contribution in [-0.4, -0.2) is 97.8 Å². The van der Waals surface area contributed by atoms with Crippen molar-refractivity contribution in [3.63, 3.8) is 0 Å². The summed E-state index contributed by atoms with van der Waals surface area (Å²) >= 11 is 0. The molecule has 2 fully saturated rings. The van der Waals surface area contributed by atoms with E-state index in [0.717, 1.165) is 0 Å². The van der Waals surface area contributed by atoms with Gasteiger partial charge in [-0.2, -0.15) is 10.2 Å². The number of alkyl halides is 2. The number of fused-ring (bicyclic) bond motifs is 1. The number of hydrogen-bond donors (Lipinski definition) is 4. The molecule has 5 N–H and O–H groups in total. The molecule has 0 spiro atoms. The Kier molecular flexibility index (Phi) is 9.48. The van der Waals surface area contributed by atoms with E-state index >= 15 is 0 Å². The van der Waals surface area contributed by atoms with Crippen LogP contribution in [0.3, 0.4) is 0 Å². The minimum atomic E-state index is -4.48. The number of nitrogens with two attached hydrogens (primary N) is 1. The number of likely N-dealkylation sites (tertiary alicyclic amines) is 1. The Morgan fingerprint density at radius 2 is 2.00 bits per heavy atom. The molecule has 14 nitrogen and oxygen atoms in total. The molecule has 0 aliphatic carbocycles. The molecule has 17 heteroatoms. The van der Waals surface area contributed by atoms with Gasteiger partial charge in [0.25, 0.3) is 5.92 Å². The lowest BCUT2D eigenvalue weighted by molar-refractivity contribution is -0.189. The second kappa shape index (κ2) is 12.9. The normalized spacial score (nSPS) is 28.9. The van der Waals surface area contributed by atoms with E-state index in [1.165, 1.54) is 36.8 Å². The third-order valence-electron chi connectivity index (χ3n) is 7.97. The van der Waals surface area contributed by atoms with Gasteiger partial charge in [0.2, 0.25) is 0 Å². The molecule has 2 unspecified atom stereocenters. The van der Waals surface area contributed by atoms with Crippen LogP contribution in [-0.2, 0) is 23.4 Å². The third kappa shape index (κ3) is 6.97. The first kappa shape index (κ1) is 33.1. The van der Waals surface area contributed by atoms with Crippen LogP contribution in [0.4, 0.5) is 14.6 Å². The number of ether oxygens (including phenoxy) is 2. The van der Waals surface area contributed by atoms with Crippen molar-refractivity contribution in [1.29, 1.82) is 0 Å². The van der Waals surface area contributed by atoms with Crippen LogP contribution >= 0.6 is 7.75 Å². The van der Waals surface area contributed by atoms with Gasteiger partial charge in [-0.3, -0.25) is 14.2 Å². The Morgan fingerprint density at radius 1 is 1.27 bits per heavy atom. The van der Waals surface area contributed by atoms with Crippen molar-refractivity contribution in [3.8, 4) is 5.75 Å². The number of nitrogen functional groups attached to an aromatic ring is 1. The fourth-order valence-electron chi connectivity index (χ4n) is 5.36. The standard InChI is InChI=1S/C28H37F2N6O8P/c1-4-35-13-12-21(28(29,30)14-35)42-26(39)17(2)34-45(40,44-18-8-6-5-7-9-18)41-15-27(3)24(38)22(37)23(43-27)19-10-11-20-25(31)32-16-33-36(19)20/h5-11,16-17,21-24,37-38H,4,12-15H2,1-3H3,(H,34,40)(H2,31,32,33)/t17-,21?,22-,23-,24-,27+,45?/m0/s1. The molecule has 0 saturated carbocycles. The summed E-state index contributed by atoms with van der Waals surface area (Å²) in [6.07, 6.45) is -4.57. The van der Waals surface area contributed by atoms with Gasteiger partial charge in [-0.05, 0) is 44.7 Å². The highest BCUT2D eigenvalue weighted by Crippen LogP contribution is 2.48. The number of rotatable bonds is 11. The number of halogens is 2. The van der Waals surface area contributed by atoms with Crippen molar-refractivity contribution in [2.45, 2.75) is 69.2 Å². The molecule has 0 amide bonds. The second-order valence-electron chi connectivity index (χ2n) is 11.4. The predicted octanol–water partition coefficient (Wildman–Crippen LogP) is 2.32. The summed E-state index contributed by atoms with van der Waals surface area (Å²) in [5.41, 5.74) is 5.11. The highest BCUT2D eigenvalue weighted by Gasteiger charge is 2.54. The molecule has 0 radical (unpaired) electrons. The molecule has 1 aromatic carbocycles. The Labute approximate surface area is 258 Å². The minimum absolute atomic E-state index is 0.0688. The first-order chi connectivity index (χ1) is 21.2. The van der Waals surface area contributed by atoms with Gasteiger partial charge in [0.1, 0.15) is 47.5 Å². The van der Waals surface area contributed by atoms with Crippen LogP contribution in [0.1, 0.15) is 39.0 Å². The van der Waals surface area contributed by atoms with E-state index in [4.69, 9.17) is 24.3 Å². The van der Waals surface area contributed by atoms with Gasteiger partial charge in [-0.15, -0.1) is 0 Å². The number of nitrogens with zero attached hydrogens (tertiary/aromatic N) is 4. The van der Waals surface area contributed by atoms with E-state index in [0.29, 0.717) is 24.3 Å². The summed E-state index contributed by atoms with van der Waals surface area (Å²) in [6, 6.07) is 9.77. The fraction of sp³-hybridized carbons (Fsp3) is 0.536. The van der Waals surface area contributed by atoms with Gasteiger partial charge < -0.3 is 29.9 Å². The lowest BCUT2D eigenvalue weighted by Gasteiger charge is -2.37. The minimum Gasteiger partial charge on any atom is -0.455 e. The molecule has 3 aromatic rings. The number of anilines is 1. The second-order valence-corrected chi connectivity index (χ2v) is 13.1. The molecule has 5 rings (SSSR count). The van der Waals surface area contributed by atoms with Crippen LogP contribution in [0.5, 0.6) is 5.75 Å². The number of aliphatic hydroxyl groups excluding tert-OH is 2. The van der Waals surface area contributed by atoms with Gasteiger partial charge in [-0.1, -0.05) is 25.1 Å². The summed E-state index contributed by atoms with van der Waals surface area (Å²) in [5.74, 6) is -4.04. The first-order valence-corrected chi connectivity index (χ1v) is 16.0. The summed E-state index contributed by atoms with van der Waals surface area (Å²) < 4.78 is 67.4. The molecule has 2 aliphatic heterocycles. The number of nitrogens with one attached hydrogen (secondary N) is 1. The number of aromatic nitrogens is 3. The number of carbonyl (C=O) groups is 1. The van der Waals surface area contributed by atoms with Crippen LogP contribution in [0.25, 0.3) is 5.52 Å². The summed E-state index contributed by atoms with van der Waals surface area (Å²) in [4.78, 5) is 18.4. The summed E-state index contributed by atoms with van der Waals surface area (Å²) in [7, 11) is -4.48. The number of carbonyl (C=O) groups excluding carboxylic acids is 1. The topological polar surface area (TPSA) is 183 Å². The zero-order chi connectivity index (χ0) is 32.6. The highest BCUT2D eigenvalue weighted by molar-refractivity contribution is 7.52. The van der Waals surface area contributed by atoms with Crippen LogP contribution in [0.2, 0.25) is 0 Å². The SMILES string of the molecule is CCN1CCC(OC(=O)[C@H](C)NP(=O)(OC[C@@]2(C)O[C@@H](c3ccc4c(N)ncnn34)[C@H](O)[C@@H]2O)Oc2ccccc2)C(F)(F)C1. The quantitative estimate of drug-likeness (QED) is 0.175. The highest BCUT2D eigenvalue weighted by atomic mass is 31.2. The largest absolute Gasteiger partial charge is 0.459 e. The van der Waals surface area contributed by atoms with E-state index in [1.807, 2.05) is 0 Å². The molecule has 2 saturated heterocycles. The van der Waals surface area contributed by atoms with Gasteiger partial charge >= 0.3 is 13.7 Å². The fourth-order valence-corrected chi connectivity index (χ4v) is 6.95.